The molecule has 24 heavy (non-hydrogen) atoms. The van der Waals surface area contributed by atoms with Crippen molar-refractivity contribution in [3.05, 3.63) is 16.3 Å². The molecule has 3 rings (SSSR count). The Kier molecular flexibility index (Phi) is 5.30. The Balaban J connectivity index is 2.12. The summed E-state index contributed by atoms with van der Waals surface area (Å²) < 4.78 is 4.92. The summed E-state index contributed by atoms with van der Waals surface area (Å²) in [6.07, 6.45) is 5.86. The van der Waals surface area contributed by atoms with Crippen molar-refractivity contribution in [1.29, 1.82) is 0 Å². The smallest absolute Gasteiger partial charge is 0.348 e. The molecule has 0 aliphatic carbocycles. The van der Waals surface area contributed by atoms with Crippen molar-refractivity contribution < 1.29 is 9.53 Å². The highest BCUT2D eigenvalue weighted by Gasteiger charge is 2.25. The number of aryl methyl sites for hydroxylation is 2. The van der Waals surface area contributed by atoms with Gasteiger partial charge in [-0.1, -0.05) is 6.42 Å². The zero-order valence-corrected chi connectivity index (χ0v) is 16.2. The first-order chi connectivity index (χ1) is 11.5. The Hall–Kier alpha value is -1.34. The maximum atomic E-state index is 12.1. The van der Waals surface area contributed by atoms with Gasteiger partial charge in [-0.05, 0) is 38.5 Å². The lowest BCUT2D eigenvalue weighted by Gasteiger charge is -2.25. The minimum atomic E-state index is -0.294. The number of hydrogen-bond donors (Lipinski definition) is 0. The average molecular weight is 366 g/mol. The molecule has 2 aromatic heterocycles. The molecule has 1 aliphatic heterocycles. The van der Waals surface area contributed by atoms with Crippen LogP contribution in [0.1, 0.15) is 40.3 Å². The second kappa shape index (κ2) is 7.27. The fourth-order valence-electron chi connectivity index (χ4n) is 3.23. The molecule has 1 fully saturated rings. The number of thiophene rings is 1. The Morgan fingerprint density at radius 1 is 1.33 bits per heavy atom. The van der Waals surface area contributed by atoms with E-state index in [9.17, 15) is 4.79 Å². The molecule has 0 amide bonds. The van der Waals surface area contributed by atoms with Crippen LogP contribution in [0.5, 0.6) is 0 Å². The van der Waals surface area contributed by atoms with Gasteiger partial charge in [0.25, 0.3) is 0 Å². The molecule has 0 N–H and O–H groups in total. The molecule has 0 radical (unpaired) electrons. The van der Waals surface area contributed by atoms with Crippen LogP contribution in [0.4, 0.5) is 5.82 Å². The number of thioether (sulfide) groups is 1. The summed E-state index contributed by atoms with van der Waals surface area (Å²) in [5.74, 6) is 1.43. The predicted molar refractivity (Wildman–Crippen MR) is 102 cm³/mol. The van der Waals surface area contributed by atoms with Gasteiger partial charge in [0.1, 0.15) is 21.3 Å². The number of fused-ring (bicyclic) bond motifs is 1. The van der Waals surface area contributed by atoms with Crippen LogP contribution in [-0.2, 0) is 4.74 Å². The van der Waals surface area contributed by atoms with Crippen LogP contribution in [0.3, 0.4) is 0 Å². The topological polar surface area (TPSA) is 55.3 Å². The molecule has 0 bridgehead atoms. The fourth-order valence-corrected chi connectivity index (χ4v) is 5.10. The van der Waals surface area contributed by atoms with Crippen molar-refractivity contribution in [2.45, 2.75) is 38.4 Å². The summed E-state index contributed by atoms with van der Waals surface area (Å²) in [5, 5.41) is 1.63. The highest BCUT2D eigenvalue weighted by Crippen LogP contribution is 2.37. The lowest BCUT2D eigenvalue weighted by molar-refractivity contribution is 0.0605. The highest BCUT2D eigenvalue weighted by atomic mass is 32.2. The molecular formula is C17H23N3O2S2. The van der Waals surface area contributed by atoms with Crippen LogP contribution in [0, 0.1) is 13.8 Å². The van der Waals surface area contributed by atoms with Crippen LogP contribution in [0.25, 0.3) is 10.2 Å². The summed E-state index contributed by atoms with van der Waals surface area (Å²) in [5.41, 5.74) is 0.932. The lowest BCUT2D eigenvalue weighted by atomic mass is 10.2. The van der Waals surface area contributed by atoms with Gasteiger partial charge in [-0.15, -0.1) is 11.3 Å². The van der Waals surface area contributed by atoms with Gasteiger partial charge in [0.05, 0.1) is 12.5 Å². The Labute approximate surface area is 150 Å². The molecule has 0 aromatic carbocycles. The number of esters is 1. The highest BCUT2D eigenvalue weighted by molar-refractivity contribution is 7.99. The summed E-state index contributed by atoms with van der Waals surface area (Å²) in [6.45, 7) is 5.89. The number of anilines is 1. The normalized spacial score (nSPS) is 18.7. The molecule has 1 saturated heterocycles. The molecule has 7 heteroatoms. The van der Waals surface area contributed by atoms with Gasteiger partial charge in [-0.2, -0.15) is 11.8 Å². The van der Waals surface area contributed by atoms with Gasteiger partial charge in [0, 0.05) is 18.3 Å². The zero-order valence-electron chi connectivity index (χ0n) is 14.6. The second-order valence-electron chi connectivity index (χ2n) is 6.12. The van der Waals surface area contributed by atoms with E-state index in [1.807, 2.05) is 25.6 Å². The van der Waals surface area contributed by atoms with Gasteiger partial charge in [-0.3, -0.25) is 0 Å². The molecule has 1 aliphatic rings. The Morgan fingerprint density at radius 2 is 2.12 bits per heavy atom. The van der Waals surface area contributed by atoms with E-state index in [1.54, 1.807) is 0 Å². The third kappa shape index (κ3) is 3.24. The summed E-state index contributed by atoms with van der Waals surface area (Å²) in [4.78, 5) is 25.3. The number of hydrogen-bond acceptors (Lipinski definition) is 7. The predicted octanol–water partition coefficient (Wildman–Crippen LogP) is 3.82. The zero-order chi connectivity index (χ0) is 17.3. The minimum Gasteiger partial charge on any atom is -0.465 e. The quantitative estimate of drug-likeness (QED) is 0.771. The molecule has 0 saturated carbocycles. The van der Waals surface area contributed by atoms with E-state index >= 15 is 0 Å². The first kappa shape index (κ1) is 17.5. The fraction of sp³-hybridized carbons (Fsp3) is 0.588. The number of ether oxygens (including phenoxy) is 1. The maximum Gasteiger partial charge on any atom is 0.348 e. The van der Waals surface area contributed by atoms with Gasteiger partial charge >= 0.3 is 5.97 Å². The van der Waals surface area contributed by atoms with E-state index in [0.717, 1.165) is 40.5 Å². The third-order valence-electron chi connectivity index (χ3n) is 4.51. The number of rotatable bonds is 3. The number of carbonyl (C=O) groups is 1. The van der Waals surface area contributed by atoms with E-state index < -0.39 is 0 Å². The van der Waals surface area contributed by atoms with Crippen LogP contribution in [0.2, 0.25) is 0 Å². The van der Waals surface area contributed by atoms with Crippen LogP contribution in [0.15, 0.2) is 0 Å². The molecule has 1 unspecified atom stereocenters. The second-order valence-corrected chi connectivity index (χ2v) is 8.26. The van der Waals surface area contributed by atoms with Crippen molar-refractivity contribution >= 4 is 45.1 Å². The van der Waals surface area contributed by atoms with Gasteiger partial charge in [-0.25, -0.2) is 14.8 Å². The number of aromatic nitrogens is 2. The number of nitrogens with zero attached hydrogens (tertiary/aromatic N) is 3. The van der Waals surface area contributed by atoms with Gasteiger partial charge in [0.15, 0.2) is 0 Å². The SMILES string of the molecule is COC(=O)c1sc2nc(C)nc(N3CCCCC(SC)C3)c2c1C. The largest absolute Gasteiger partial charge is 0.465 e. The van der Waals surface area contributed by atoms with E-state index in [1.165, 1.54) is 37.7 Å². The molecular weight excluding hydrogens is 342 g/mol. The molecule has 0 spiro atoms. The summed E-state index contributed by atoms with van der Waals surface area (Å²) in [6, 6.07) is 0. The van der Waals surface area contributed by atoms with E-state index in [2.05, 4.69) is 16.1 Å². The van der Waals surface area contributed by atoms with E-state index in [-0.39, 0.29) is 5.97 Å². The molecule has 2 aromatic rings. The van der Waals surface area contributed by atoms with Crippen molar-refractivity contribution in [2.24, 2.45) is 0 Å². The molecule has 5 nitrogen and oxygen atoms in total. The monoisotopic (exact) mass is 365 g/mol. The first-order valence-electron chi connectivity index (χ1n) is 8.19. The Morgan fingerprint density at radius 3 is 2.83 bits per heavy atom. The third-order valence-corrected chi connectivity index (χ3v) is 6.73. The Bertz CT molecular complexity index is 760. The van der Waals surface area contributed by atoms with Crippen LogP contribution in [-0.4, -0.2) is 47.6 Å². The van der Waals surface area contributed by atoms with Crippen LogP contribution >= 0.6 is 23.1 Å². The maximum absolute atomic E-state index is 12.1. The summed E-state index contributed by atoms with van der Waals surface area (Å²) >= 11 is 3.33. The summed E-state index contributed by atoms with van der Waals surface area (Å²) in [7, 11) is 1.42. The minimum absolute atomic E-state index is 0.294. The number of methoxy groups -OCH3 is 1. The average Bonchev–Trinajstić information content (AvgIpc) is 2.76. The van der Waals surface area contributed by atoms with E-state index in [0.29, 0.717) is 10.1 Å². The van der Waals surface area contributed by atoms with E-state index in [4.69, 9.17) is 9.72 Å². The molecule has 1 atom stereocenters. The van der Waals surface area contributed by atoms with Gasteiger partial charge in [0.2, 0.25) is 0 Å². The van der Waals surface area contributed by atoms with Crippen molar-refractivity contribution in [3.8, 4) is 0 Å². The van der Waals surface area contributed by atoms with Gasteiger partial charge < -0.3 is 9.64 Å². The molecule has 130 valence electrons. The van der Waals surface area contributed by atoms with Crippen molar-refractivity contribution in [1.82, 2.24) is 9.97 Å². The van der Waals surface area contributed by atoms with Crippen molar-refractivity contribution in [2.75, 3.05) is 31.4 Å². The standard InChI is InChI=1S/C17H23N3O2S2/c1-10-13-15(20-8-6-5-7-12(9-20)23-4)18-11(2)19-16(13)24-14(10)17(21)22-3/h12H,5-9H2,1-4H3. The first-order valence-corrected chi connectivity index (χ1v) is 10.3. The number of carbonyl (C=O) groups excluding carboxylic acids is 1. The van der Waals surface area contributed by atoms with Crippen LogP contribution < -0.4 is 4.90 Å². The van der Waals surface area contributed by atoms with Crippen molar-refractivity contribution in [3.63, 3.8) is 0 Å². The molecule has 3 heterocycles. The lowest BCUT2D eigenvalue weighted by Crippen LogP contribution is -2.30.